The molecule has 18 heavy (non-hydrogen) atoms. The van der Waals surface area contributed by atoms with Crippen molar-refractivity contribution in [2.75, 3.05) is 72.5 Å². The predicted octanol–water partition coefficient (Wildman–Crippen LogP) is -0.657. The van der Waals surface area contributed by atoms with Crippen molar-refractivity contribution >= 4 is 0 Å². The fourth-order valence-corrected chi connectivity index (χ4v) is 1.39. The Kier molecular flexibility index (Phi) is 14.6. The summed E-state index contributed by atoms with van der Waals surface area (Å²) in [6.07, 6.45) is 0. The number of hydrogen-bond donors (Lipinski definition) is 2. The Hall–Kier alpha value is -0.240. The fraction of sp³-hybridized carbons (Fsp3) is 1.00. The number of ether oxygens (including phenoxy) is 3. The molecule has 0 aromatic heterocycles. The summed E-state index contributed by atoms with van der Waals surface area (Å²) < 4.78 is 15.8. The van der Waals surface area contributed by atoms with Gasteiger partial charge >= 0.3 is 0 Å². The number of hydrogen-bond acceptors (Lipinski definition) is 6. The van der Waals surface area contributed by atoms with Crippen LogP contribution < -0.4 is 0 Å². The molecule has 0 aliphatic rings. The van der Waals surface area contributed by atoms with Crippen molar-refractivity contribution in [1.29, 1.82) is 0 Å². The Bertz CT molecular complexity index is 159. The zero-order valence-electron chi connectivity index (χ0n) is 11.3. The van der Waals surface area contributed by atoms with Crippen LogP contribution in [0.3, 0.4) is 0 Å². The summed E-state index contributed by atoms with van der Waals surface area (Å²) in [7, 11) is 0. The molecule has 6 nitrogen and oxygen atoms in total. The van der Waals surface area contributed by atoms with Crippen LogP contribution in [0.2, 0.25) is 0 Å². The van der Waals surface area contributed by atoms with Crippen LogP contribution >= 0.6 is 0 Å². The van der Waals surface area contributed by atoms with E-state index in [-0.39, 0.29) is 13.2 Å². The van der Waals surface area contributed by atoms with Crippen LogP contribution in [0.5, 0.6) is 0 Å². The zero-order chi connectivity index (χ0) is 13.5. The molecule has 0 bridgehead atoms. The highest BCUT2D eigenvalue weighted by Gasteiger charge is 2.03. The molecule has 0 atom stereocenters. The minimum atomic E-state index is 0.0422. The van der Waals surface area contributed by atoms with Crippen molar-refractivity contribution in [2.45, 2.75) is 6.92 Å². The van der Waals surface area contributed by atoms with Crippen LogP contribution in [0.1, 0.15) is 6.92 Å². The Morgan fingerprint density at radius 3 is 1.89 bits per heavy atom. The molecule has 0 aromatic carbocycles. The topological polar surface area (TPSA) is 71.4 Å². The van der Waals surface area contributed by atoms with Crippen molar-refractivity contribution in [1.82, 2.24) is 4.90 Å². The first-order valence-corrected chi connectivity index (χ1v) is 6.52. The van der Waals surface area contributed by atoms with Crippen molar-refractivity contribution in [3.05, 3.63) is 0 Å². The first kappa shape index (κ1) is 17.8. The van der Waals surface area contributed by atoms with Gasteiger partial charge in [0.15, 0.2) is 0 Å². The summed E-state index contributed by atoms with van der Waals surface area (Å²) in [6, 6.07) is 0. The third kappa shape index (κ3) is 12.2. The second kappa shape index (κ2) is 14.8. The van der Waals surface area contributed by atoms with Gasteiger partial charge in [0.25, 0.3) is 0 Å². The molecule has 6 heteroatoms. The summed E-state index contributed by atoms with van der Waals surface area (Å²) >= 11 is 0. The lowest BCUT2D eigenvalue weighted by Gasteiger charge is -2.21. The van der Waals surface area contributed by atoms with Crippen LogP contribution in [0, 0.1) is 0 Å². The SMILES string of the molecule is CCOCCOCCN(CCO)CCOCCO. The maximum absolute atomic E-state index is 8.93. The summed E-state index contributed by atoms with van der Waals surface area (Å²) in [5, 5.41) is 17.5. The van der Waals surface area contributed by atoms with Gasteiger partial charge in [-0.25, -0.2) is 0 Å². The quantitative estimate of drug-likeness (QED) is 0.406. The first-order chi connectivity index (χ1) is 8.85. The summed E-state index contributed by atoms with van der Waals surface area (Å²) in [5.41, 5.74) is 0. The summed E-state index contributed by atoms with van der Waals surface area (Å²) in [6.45, 7) is 7.68. The third-order valence-corrected chi connectivity index (χ3v) is 2.33. The molecule has 2 N–H and O–H groups in total. The molecule has 0 aliphatic heterocycles. The van der Waals surface area contributed by atoms with Gasteiger partial charge in [-0.15, -0.1) is 0 Å². The highest BCUT2D eigenvalue weighted by atomic mass is 16.5. The fourth-order valence-electron chi connectivity index (χ4n) is 1.39. The minimum Gasteiger partial charge on any atom is -0.395 e. The molecule has 0 radical (unpaired) electrons. The largest absolute Gasteiger partial charge is 0.395 e. The average Bonchev–Trinajstić information content (AvgIpc) is 2.38. The first-order valence-electron chi connectivity index (χ1n) is 6.52. The Morgan fingerprint density at radius 1 is 0.722 bits per heavy atom. The number of aliphatic hydroxyl groups excluding tert-OH is 2. The van der Waals surface area contributed by atoms with Crippen molar-refractivity contribution in [3.63, 3.8) is 0 Å². The molecule has 0 fully saturated rings. The van der Waals surface area contributed by atoms with E-state index < -0.39 is 0 Å². The lowest BCUT2D eigenvalue weighted by molar-refractivity contribution is 0.0313. The zero-order valence-corrected chi connectivity index (χ0v) is 11.3. The van der Waals surface area contributed by atoms with Gasteiger partial charge in [0, 0.05) is 26.2 Å². The normalized spacial score (nSPS) is 11.3. The monoisotopic (exact) mass is 265 g/mol. The van der Waals surface area contributed by atoms with E-state index >= 15 is 0 Å². The molecule has 0 aliphatic carbocycles. The van der Waals surface area contributed by atoms with E-state index in [2.05, 4.69) is 4.90 Å². The number of rotatable bonds is 14. The van der Waals surface area contributed by atoms with Crippen LogP contribution in [-0.4, -0.2) is 87.6 Å². The highest BCUT2D eigenvalue weighted by molar-refractivity contribution is 4.56. The summed E-state index contributed by atoms with van der Waals surface area (Å²) in [4.78, 5) is 2.07. The van der Waals surface area contributed by atoms with Crippen molar-refractivity contribution in [3.8, 4) is 0 Å². The van der Waals surface area contributed by atoms with Crippen LogP contribution in [0.4, 0.5) is 0 Å². The van der Waals surface area contributed by atoms with Crippen molar-refractivity contribution in [2.24, 2.45) is 0 Å². The highest BCUT2D eigenvalue weighted by Crippen LogP contribution is 1.90. The van der Waals surface area contributed by atoms with Gasteiger partial charge in [-0.05, 0) is 6.92 Å². The number of aliphatic hydroxyl groups is 2. The van der Waals surface area contributed by atoms with Gasteiger partial charge in [0.1, 0.15) is 0 Å². The van der Waals surface area contributed by atoms with Gasteiger partial charge in [0.05, 0.1) is 46.2 Å². The second-order valence-corrected chi connectivity index (χ2v) is 3.71. The molecule has 0 saturated carbocycles. The molecule has 0 unspecified atom stereocenters. The van der Waals surface area contributed by atoms with E-state index in [1.165, 1.54) is 0 Å². The molecule has 0 aromatic rings. The average molecular weight is 265 g/mol. The predicted molar refractivity (Wildman–Crippen MR) is 68.7 cm³/mol. The van der Waals surface area contributed by atoms with E-state index in [0.29, 0.717) is 46.2 Å². The van der Waals surface area contributed by atoms with Gasteiger partial charge in [-0.2, -0.15) is 0 Å². The van der Waals surface area contributed by atoms with Gasteiger partial charge in [-0.1, -0.05) is 0 Å². The molecule has 0 saturated heterocycles. The number of nitrogens with zero attached hydrogens (tertiary/aromatic N) is 1. The summed E-state index contributed by atoms with van der Waals surface area (Å²) in [5.74, 6) is 0. The minimum absolute atomic E-state index is 0.0422. The maximum Gasteiger partial charge on any atom is 0.0701 e. The van der Waals surface area contributed by atoms with E-state index in [4.69, 9.17) is 24.4 Å². The van der Waals surface area contributed by atoms with Crippen LogP contribution in [0.25, 0.3) is 0 Å². The molecule has 0 heterocycles. The van der Waals surface area contributed by atoms with Gasteiger partial charge < -0.3 is 24.4 Å². The van der Waals surface area contributed by atoms with E-state index in [9.17, 15) is 0 Å². The maximum atomic E-state index is 8.93. The molecular formula is C12H27NO5. The molecule has 0 amide bonds. The van der Waals surface area contributed by atoms with E-state index in [0.717, 1.165) is 13.1 Å². The Morgan fingerprint density at radius 2 is 1.33 bits per heavy atom. The Balaban J connectivity index is 3.44. The third-order valence-electron chi connectivity index (χ3n) is 2.33. The molecule has 110 valence electrons. The van der Waals surface area contributed by atoms with Crippen LogP contribution in [0.15, 0.2) is 0 Å². The van der Waals surface area contributed by atoms with Gasteiger partial charge in [0.2, 0.25) is 0 Å². The lowest BCUT2D eigenvalue weighted by atomic mass is 10.4. The molecule has 0 rings (SSSR count). The second-order valence-electron chi connectivity index (χ2n) is 3.71. The van der Waals surface area contributed by atoms with Crippen molar-refractivity contribution < 1.29 is 24.4 Å². The van der Waals surface area contributed by atoms with Gasteiger partial charge in [-0.3, -0.25) is 4.90 Å². The molecular weight excluding hydrogens is 238 g/mol. The van der Waals surface area contributed by atoms with E-state index in [1.54, 1.807) is 0 Å². The lowest BCUT2D eigenvalue weighted by Crippen LogP contribution is -2.33. The molecule has 0 spiro atoms. The van der Waals surface area contributed by atoms with E-state index in [1.807, 2.05) is 6.92 Å². The van der Waals surface area contributed by atoms with Crippen LogP contribution in [-0.2, 0) is 14.2 Å². The Labute approximate surface area is 109 Å². The smallest absolute Gasteiger partial charge is 0.0701 e. The standard InChI is InChI=1S/C12H27NO5/c1-2-16-11-12-18-9-5-13(3-6-14)4-8-17-10-7-15/h14-15H,2-12H2,1H3.